The molecule has 33 heavy (non-hydrogen) atoms. The fraction of sp³-hybridized carbons (Fsp3) is 0.524. The Kier molecular flexibility index (Phi) is 6.92. The van der Waals surface area contributed by atoms with Crippen LogP contribution in [-0.2, 0) is 14.4 Å². The van der Waals surface area contributed by atoms with Gasteiger partial charge in [-0.2, -0.15) is 0 Å². The molecule has 9 nitrogen and oxygen atoms in total. The Morgan fingerprint density at radius 2 is 1.85 bits per heavy atom. The molecule has 4 amide bonds. The SMILES string of the molecule is CC(C)(C)N1C(=O)C2C(c3cc(Cl)cc(Cl)c3Cl)NC(CCCNC(N)=O)(C(=O)O)C2C1=O. The van der Waals surface area contributed by atoms with Crippen molar-refractivity contribution in [3.8, 4) is 0 Å². The largest absolute Gasteiger partial charge is 0.480 e. The molecule has 2 saturated heterocycles. The Balaban J connectivity index is 2.14. The van der Waals surface area contributed by atoms with Crippen LogP contribution in [0.4, 0.5) is 4.79 Å². The zero-order valence-electron chi connectivity index (χ0n) is 18.2. The lowest BCUT2D eigenvalue weighted by Gasteiger charge is -2.35. The number of carboxylic acids is 1. The van der Waals surface area contributed by atoms with Crippen molar-refractivity contribution in [2.45, 2.75) is 50.7 Å². The molecule has 2 aliphatic rings. The van der Waals surface area contributed by atoms with Crippen molar-refractivity contribution in [1.29, 1.82) is 0 Å². The number of carboxylic acid groups (broad SMARTS) is 1. The second-order valence-corrected chi connectivity index (χ2v) is 10.5. The first-order valence-electron chi connectivity index (χ1n) is 10.3. The Bertz CT molecular complexity index is 1030. The number of imide groups is 1. The summed E-state index contributed by atoms with van der Waals surface area (Å²) in [5, 5.41) is 16.2. The Morgan fingerprint density at radius 3 is 2.39 bits per heavy atom. The number of nitrogens with two attached hydrogens (primary N) is 1. The predicted molar refractivity (Wildman–Crippen MR) is 123 cm³/mol. The third-order valence-electron chi connectivity index (χ3n) is 6.11. The van der Waals surface area contributed by atoms with Crippen LogP contribution in [-0.4, -0.2) is 51.4 Å². The Hall–Kier alpha value is -2.07. The maximum absolute atomic E-state index is 13.5. The predicted octanol–water partition coefficient (Wildman–Crippen LogP) is 2.96. The van der Waals surface area contributed by atoms with Crippen LogP contribution in [0.2, 0.25) is 15.1 Å². The number of carbonyl (C=O) groups excluding carboxylic acids is 3. The number of likely N-dealkylation sites (tertiary alicyclic amines) is 1. The van der Waals surface area contributed by atoms with E-state index in [1.54, 1.807) is 20.8 Å². The normalized spacial score (nSPS) is 27.1. The van der Waals surface area contributed by atoms with Gasteiger partial charge in [0.1, 0.15) is 5.54 Å². The summed E-state index contributed by atoms with van der Waals surface area (Å²) in [5.74, 6) is -4.61. The molecule has 4 atom stereocenters. The summed E-state index contributed by atoms with van der Waals surface area (Å²) in [6, 6.07) is 1.27. The highest BCUT2D eigenvalue weighted by atomic mass is 35.5. The minimum atomic E-state index is -1.79. The number of benzene rings is 1. The van der Waals surface area contributed by atoms with Gasteiger partial charge < -0.3 is 16.2 Å². The number of primary amides is 1. The first-order valence-corrected chi connectivity index (χ1v) is 11.4. The summed E-state index contributed by atoms with van der Waals surface area (Å²) in [6.07, 6.45) is 0.141. The lowest BCUT2D eigenvalue weighted by molar-refractivity contribution is -0.154. The lowest BCUT2D eigenvalue weighted by atomic mass is 9.77. The van der Waals surface area contributed by atoms with Gasteiger partial charge in [0, 0.05) is 23.1 Å². The van der Waals surface area contributed by atoms with Crippen molar-refractivity contribution in [2.24, 2.45) is 17.6 Å². The first-order chi connectivity index (χ1) is 15.2. The maximum Gasteiger partial charge on any atom is 0.324 e. The van der Waals surface area contributed by atoms with Crippen LogP contribution < -0.4 is 16.4 Å². The maximum atomic E-state index is 13.5. The minimum Gasteiger partial charge on any atom is -0.480 e. The summed E-state index contributed by atoms with van der Waals surface area (Å²) in [7, 11) is 0. The molecule has 12 heteroatoms. The van der Waals surface area contributed by atoms with E-state index < -0.39 is 52.8 Å². The molecule has 180 valence electrons. The molecule has 0 aromatic heterocycles. The van der Waals surface area contributed by atoms with Crippen molar-refractivity contribution in [1.82, 2.24) is 15.5 Å². The number of hydrogen-bond donors (Lipinski definition) is 4. The molecule has 2 fully saturated rings. The molecule has 5 N–H and O–H groups in total. The van der Waals surface area contributed by atoms with Gasteiger partial charge in [-0.05, 0) is 51.3 Å². The zero-order chi connectivity index (χ0) is 24.9. The molecule has 1 aromatic carbocycles. The van der Waals surface area contributed by atoms with Crippen LogP contribution in [0.15, 0.2) is 12.1 Å². The van der Waals surface area contributed by atoms with Gasteiger partial charge in [-0.3, -0.25) is 24.6 Å². The molecular weight excluding hydrogens is 495 g/mol. The molecule has 0 aliphatic carbocycles. The van der Waals surface area contributed by atoms with Gasteiger partial charge in [0.05, 0.1) is 21.9 Å². The molecule has 1 aromatic rings. The van der Waals surface area contributed by atoms with Crippen molar-refractivity contribution in [3.05, 3.63) is 32.8 Å². The number of urea groups is 1. The van der Waals surface area contributed by atoms with Gasteiger partial charge >= 0.3 is 12.0 Å². The second-order valence-electron chi connectivity index (χ2n) is 9.27. The topological polar surface area (TPSA) is 142 Å². The van der Waals surface area contributed by atoms with E-state index in [2.05, 4.69) is 10.6 Å². The van der Waals surface area contributed by atoms with Crippen LogP contribution in [0.5, 0.6) is 0 Å². The van der Waals surface area contributed by atoms with Crippen molar-refractivity contribution in [3.63, 3.8) is 0 Å². The number of fused-ring (bicyclic) bond motifs is 1. The lowest BCUT2D eigenvalue weighted by Crippen LogP contribution is -2.57. The summed E-state index contributed by atoms with van der Waals surface area (Å²) in [4.78, 5) is 51.8. The van der Waals surface area contributed by atoms with Gasteiger partial charge in [-0.25, -0.2) is 4.79 Å². The van der Waals surface area contributed by atoms with Crippen LogP contribution in [0, 0.1) is 11.8 Å². The van der Waals surface area contributed by atoms with Crippen molar-refractivity contribution in [2.75, 3.05) is 6.54 Å². The standard InChI is InChI=1S/C21H25Cl3N4O5/c1-20(2,3)28-16(29)12-13(17(28)30)21(18(31)32,5-4-6-26-19(25)33)27-15(12)10-7-9(22)8-11(23)14(10)24/h7-8,12-13,15,27H,4-6H2,1-3H3,(H,31,32)(H3,25,26,33). The van der Waals surface area contributed by atoms with Crippen LogP contribution in [0.25, 0.3) is 0 Å². The summed E-state index contributed by atoms with van der Waals surface area (Å²) in [6.45, 7) is 5.21. The molecule has 4 unspecified atom stereocenters. The van der Waals surface area contributed by atoms with Crippen molar-refractivity contribution < 1.29 is 24.3 Å². The number of amides is 4. The van der Waals surface area contributed by atoms with Gasteiger partial charge in [0.25, 0.3) is 0 Å². The van der Waals surface area contributed by atoms with E-state index in [1.807, 2.05) is 0 Å². The smallest absolute Gasteiger partial charge is 0.324 e. The van der Waals surface area contributed by atoms with Gasteiger partial charge in [0.2, 0.25) is 11.8 Å². The van der Waals surface area contributed by atoms with E-state index in [1.165, 1.54) is 12.1 Å². The number of hydrogen-bond acceptors (Lipinski definition) is 5. The van der Waals surface area contributed by atoms with Crippen molar-refractivity contribution >= 4 is 58.6 Å². The number of carbonyl (C=O) groups is 4. The summed E-state index contributed by atoms with van der Waals surface area (Å²) < 4.78 is 0. The number of halogens is 3. The van der Waals surface area contributed by atoms with Crippen LogP contribution in [0.3, 0.4) is 0 Å². The summed E-state index contributed by atoms with van der Waals surface area (Å²) >= 11 is 18.8. The second kappa shape index (κ2) is 8.94. The highest BCUT2D eigenvalue weighted by Gasteiger charge is 2.69. The van der Waals surface area contributed by atoms with E-state index in [4.69, 9.17) is 40.5 Å². The van der Waals surface area contributed by atoms with E-state index in [0.717, 1.165) is 4.90 Å². The Labute approximate surface area is 205 Å². The average molecular weight is 520 g/mol. The molecule has 0 saturated carbocycles. The first kappa shape index (κ1) is 25.6. The van der Waals surface area contributed by atoms with E-state index in [0.29, 0.717) is 5.56 Å². The fourth-order valence-corrected chi connectivity index (χ4v) is 5.58. The summed E-state index contributed by atoms with van der Waals surface area (Å²) in [5.41, 5.74) is 2.76. The zero-order valence-corrected chi connectivity index (χ0v) is 20.5. The van der Waals surface area contributed by atoms with Crippen LogP contribution in [0.1, 0.15) is 45.2 Å². The van der Waals surface area contributed by atoms with Gasteiger partial charge in [-0.15, -0.1) is 0 Å². The van der Waals surface area contributed by atoms with Gasteiger partial charge in [0.15, 0.2) is 0 Å². The van der Waals surface area contributed by atoms with Crippen LogP contribution >= 0.6 is 34.8 Å². The minimum absolute atomic E-state index is 0.0524. The molecule has 2 aliphatic heterocycles. The monoisotopic (exact) mass is 518 g/mol. The molecule has 2 heterocycles. The average Bonchev–Trinajstić information content (AvgIpc) is 3.16. The number of rotatable bonds is 6. The molecule has 0 spiro atoms. The molecule has 0 bridgehead atoms. The number of aliphatic carboxylic acids is 1. The number of nitrogens with zero attached hydrogens (tertiary/aromatic N) is 1. The van der Waals surface area contributed by atoms with Gasteiger partial charge in [-0.1, -0.05) is 34.8 Å². The molecular formula is C21H25Cl3N4O5. The quantitative estimate of drug-likeness (QED) is 0.259. The highest BCUT2D eigenvalue weighted by Crippen LogP contribution is 2.53. The van der Waals surface area contributed by atoms with E-state index in [-0.39, 0.29) is 34.5 Å². The third-order valence-corrected chi connectivity index (χ3v) is 7.14. The van der Waals surface area contributed by atoms with E-state index in [9.17, 15) is 24.3 Å². The fourth-order valence-electron chi connectivity index (χ4n) is 4.85. The Morgan fingerprint density at radius 1 is 1.21 bits per heavy atom. The number of nitrogens with one attached hydrogen (secondary N) is 2. The van der Waals surface area contributed by atoms with E-state index >= 15 is 0 Å². The highest BCUT2D eigenvalue weighted by molar-refractivity contribution is 6.43. The third kappa shape index (κ3) is 4.39. The molecule has 0 radical (unpaired) electrons. The molecule has 3 rings (SSSR count).